The summed E-state index contributed by atoms with van der Waals surface area (Å²) in [6, 6.07) is 10.0. The van der Waals surface area contributed by atoms with Crippen molar-refractivity contribution in [2.75, 3.05) is 0 Å². The fourth-order valence-electron chi connectivity index (χ4n) is 1.34. The van der Waals surface area contributed by atoms with Crippen molar-refractivity contribution in [3.05, 3.63) is 42.5 Å². The van der Waals surface area contributed by atoms with Crippen LogP contribution in [0.1, 0.15) is 26.3 Å². The van der Waals surface area contributed by atoms with E-state index in [2.05, 4.69) is 27.4 Å². The molecule has 0 aromatic heterocycles. The van der Waals surface area contributed by atoms with E-state index in [1.54, 1.807) is 13.3 Å². The van der Waals surface area contributed by atoms with Crippen LogP contribution >= 0.6 is 0 Å². The van der Waals surface area contributed by atoms with Gasteiger partial charge in [-0.15, -0.1) is 0 Å². The molecule has 15 heavy (non-hydrogen) atoms. The van der Waals surface area contributed by atoms with Gasteiger partial charge in [0.05, 0.1) is 0 Å². The fraction of sp³-hybridized carbons (Fsp3) is 0.429. The van der Waals surface area contributed by atoms with Crippen molar-refractivity contribution in [3.8, 4) is 0 Å². The molecule has 0 unspecified atom stereocenters. The van der Waals surface area contributed by atoms with Crippen LogP contribution in [-0.2, 0) is 0 Å². The molecule has 1 aromatic rings. The zero-order valence-electron chi connectivity index (χ0n) is 10.3. The molecule has 1 radical (unpaired) electrons. The standard InChI is InChI=1S/C8H8.3C2H5.Sn/c1-2-8-6-4-3-5-7-8;3*1-2;/h2-7H,1H2;3*1H2,2H3;. The van der Waals surface area contributed by atoms with Crippen LogP contribution in [0.5, 0.6) is 0 Å². The molecule has 0 amide bonds. The van der Waals surface area contributed by atoms with Crippen molar-refractivity contribution in [1.82, 2.24) is 0 Å². The van der Waals surface area contributed by atoms with Crippen LogP contribution in [0.2, 0.25) is 13.3 Å². The summed E-state index contributed by atoms with van der Waals surface area (Å²) >= 11 is -0.653. The Hall–Kier alpha value is -0.241. The van der Waals surface area contributed by atoms with Crippen molar-refractivity contribution < 1.29 is 0 Å². The fourth-order valence-corrected chi connectivity index (χ4v) is 5.62. The van der Waals surface area contributed by atoms with E-state index in [0.29, 0.717) is 0 Å². The van der Waals surface area contributed by atoms with Crippen LogP contribution in [0.3, 0.4) is 0 Å². The molecule has 0 nitrogen and oxygen atoms in total. The van der Waals surface area contributed by atoms with E-state index in [1.165, 1.54) is 5.56 Å². The Morgan fingerprint density at radius 3 is 1.67 bits per heavy atom. The summed E-state index contributed by atoms with van der Waals surface area (Å²) in [4.78, 5) is 0. The van der Waals surface area contributed by atoms with Gasteiger partial charge in [-0.2, -0.15) is 0 Å². The van der Waals surface area contributed by atoms with E-state index in [0.717, 1.165) is 0 Å². The second-order valence-corrected chi connectivity index (χ2v) is 13.8. The molecule has 0 bridgehead atoms. The quantitative estimate of drug-likeness (QED) is 0.696. The van der Waals surface area contributed by atoms with Gasteiger partial charge in [0.1, 0.15) is 0 Å². The van der Waals surface area contributed by atoms with Gasteiger partial charge in [-0.1, -0.05) is 43.0 Å². The van der Waals surface area contributed by atoms with Crippen molar-refractivity contribution in [1.29, 1.82) is 0 Å². The Kier molecular flexibility index (Phi) is 10.1. The van der Waals surface area contributed by atoms with E-state index in [4.69, 9.17) is 0 Å². The minimum absolute atomic E-state index is 0.653. The molecule has 0 atom stereocenters. The first kappa shape index (κ1) is 14.8. The molecule has 0 heterocycles. The normalized spacial score (nSPS) is 9.33. The van der Waals surface area contributed by atoms with Gasteiger partial charge in [0.25, 0.3) is 0 Å². The zero-order chi connectivity index (χ0) is 11.5. The summed E-state index contributed by atoms with van der Waals surface area (Å²) in [6.45, 7) is 10.7. The first-order valence-corrected chi connectivity index (χ1v) is 11.8. The van der Waals surface area contributed by atoms with Crippen LogP contribution in [0.25, 0.3) is 6.08 Å². The monoisotopic (exact) mass is 311 g/mol. The Bertz CT molecular complexity index is 231. The van der Waals surface area contributed by atoms with Crippen molar-refractivity contribution >= 4 is 25.8 Å². The third-order valence-electron chi connectivity index (χ3n) is 2.54. The first-order valence-electron chi connectivity index (χ1n) is 5.79. The van der Waals surface area contributed by atoms with E-state index < -0.39 is 19.8 Å². The molecule has 0 aliphatic rings. The Morgan fingerprint density at radius 2 is 1.47 bits per heavy atom. The molecule has 0 aliphatic carbocycles. The third kappa shape index (κ3) is 7.66. The van der Waals surface area contributed by atoms with Crippen LogP contribution < -0.4 is 0 Å². The van der Waals surface area contributed by atoms with Crippen LogP contribution in [0.15, 0.2) is 36.9 Å². The van der Waals surface area contributed by atoms with Crippen molar-refractivity contribution in [2.45, 2.75) is 34.1 Å². The molecule has 1 heteroatoms. The molecular weight excluding hydrogens is 287 g/mol. The summed E-state index contributed by atoms with van der Waals surface area (Å²) in [5, 5.41) is 0. The van der Waals surface area contributed by atoms with E-state index >= 15 is 0 Å². The van der Waals surface area contributed by atoms with Crippen LogP contribution in [-0.4, -0.2) is 19.8 Å². The van der Waals surface area contributed by atoms with Crippen LogP contribution in [0, 0.1) is 0 Å². The van der Waals surface area contributed by atoms with E-state index in [-0.39, 0.29) is 0 Å². The molecule has 0 fully saturated rings. The summed E-state index contributed by atoms with van der Waals surface area (Å²) in [7, 11) is 0. The van der Waals surface area contributed by atoms with Crippen LogP contribution in [0.4, 0.5) is 0 Å². The SMILES string of the molecule is C=Cc1ccccc1.C[CH2][Sn]([CH2]C)[CH2]C. The maximum atomic E-state index is 3.63. The second-order valence-electron chi connectivity index (χ2n) is 3.43. The predicted molar refractivity (Wildman–Crippen MR) is 73.7 cm³/mol. The molecule has 0 aliphatic heterocycles. The van der Waals surface area contributed by atoms with Gasteiger partial charge < -0.3 is 0 Å². The van der Waals surface area contributed by atoms with Gasteiger partial charge in [0.15, 0.2) is 0 Å². The van der Waals surface area contributed by atoms with Crippen molar-refractivity contribution in [2.24, 2.45) is 0 Å². The maximum absolute atomic E-state index is 3.63. The molecule has 0 spiro atoms. The molecule has 1 aromatic carbocycles. The van der Waals surface area contributed by atoms with E-state index in [1.807, 2.05) is 36.4 Å². The molecule has 83 valence electrons. The summed E-state index contributed by atoms with van der Waals surface area (Å²) in [6.07, 6.45) is 1.83. The minimum atomic E-state index is -0.653. The zero-order valence-corrected chi connectivity index (χ0v) is 13.1. The Balaban J connectivity index is 0.000000265. The van der Waals surface area contributed by atoms with Crippen molar-refractivity contribution in [3.63, 3.8) is 0 Å². The predicted octanol–water partition coefficient (Wildman–Crippen LogP) is 4.87. The average molecular weight is 310 g/mol. The summed E-state index contributed by atoms with van der Waals surface area (Å²) in [5.41, 5.74) is 1.17. The second kappa shape index (κ2) is 10.3. The van der Waals surface area contributed by atoms with Gasteiger partial charge in [0.2, 0.25) is 0 Å². The first-order chi connectivity index (χ1) is 7.28. The van der Waals surface area contributed by atoms with Gasteiger partial charge in [0, 0.05) is 0 Å². The summed E-state index contributed by atoms with van der Waals surface area (Å²) < 4.78 is 4.65. The topological polar surface area (TPSA) is 0 Å². The number of hydrogen-bond acceptors (Lipinski definition) is 0. The molecule has 0 N–H and O–H groups in total. The van der Waals surface area contributed by atoms with Gasteiger partial charge in [-0.3, -0.25) is 0 Å². The molecule has 1 rings (SSSR count). The molecular formula is C14H23Sn. The third-order valence-corrected chi connectivity index (χ3v) is 11.1. The van der Waals surface area contributed by atoms with Gasteiger partial charge >= 0.3 is 53.8 Å². The molecule has 0 saturated heterocycles. The number of hydrogen-bond donors (Lipinski definition) is 0. The molecule has 0 saturated carbocycles. The Labute approximate surface area is 102 Å². The Morgan fingerprint density at radius 1 is 1.00 bits per heavy atom. The van der Waals surface area contributed by atoms with E-state index in [9.17, 15) is 0 Å². The number of rotatable bonds is 4. The number of benzene rings is 1. The summed E-state index contributed by atoms with van der Waals surface area (Å²) in [5.74, 6) is 0. The van der Waals surface area contributed by atoms with Gasteiger partial charge in [-0.25, -0.2) is 0 Å². The average Bonchev–Trinajstić information content (AvgIpc) is 2.33. The van der Waals surface area contributed by atoms with Gasteiger partial charge in [-0.05, 0) is 5.56 Å².